The van der Waals surface area contributed by atoms with E-state index in [1.165, 1.54) is 24.3 Å². The number of benzene rings is 1. The maximum Gasteiger partial charge on any atom is 0.429 e. The van der Waals surface area contributed by atoms with Gasteiger partial charge in [-0.15, -0.1) is 0 Å². The number of rotatable bonds is 3. The number of hydrogen-bond acceptors (Lipinski definition) is 2. The van der Waals surface area contributed by atoms with Gasteiger partial charge in [-0.1, -0.05) is 36.9 Å². The van der Waals surface area contributed by atoms with Crippen molar-refractivity contribution >= 4 is 5.97 Å². The lowest BCUT2D eigenvalue weighted by atomic mass is 10.1. The zero-order valence-electron chi connectivity index (χ0n) is 8.20. The molecule has 0 aromatic heterocycles. The Morgan fingerprint density at radius 1 is 1.31 bits per heavy atom. The Bertz CT molecular complexity index is 371. The first-order valence-corrected chi connectivity index (χ1v) is 4.40. The van der Waals surface area contributed by atoms with E-state index in [0.29, 0.717) is 6.08 Å². The van der Waals surface area contributed by atoms with Gasteiger partial charge in [-0.05, 0) is 0 Å². The maximum absolute atomic E-state index is 12.6. The second-order valence-electron chi connectivity index (χ2n) is 2.97. The van der Waals surface area contributed by atoms with Gasteiger partial charge in [-0.2, -0.15) is 13.2 Å². The summed E-state index contributed by atoms with van der Waals surface area (Å²) >= 11 is 0. The van der Waals surface area contributed by atoms with Gasteiger partial charge in [-0.25, -0.2) is 4.79 Å². The minimum atomic E-state index is -4.64. The van der Waals surface area contributed by atoms with Crippen LogP contribution in [0.3, 0.4) is 0 Å². The molecule has 0 bridgehead atoms. The van der Waals surface area contributed by atoms with Crippen LogP contribution in [0.5, 0.6) is 0 Å². The SMILES string of the molecule is C=CC(=O)OC(c1ccccc1)C(F)(F)F. The minimum absolute atomic E-state index is 0.120. The summed E-state index contributed by atoms with van der Waals surface area (Å²) in [5.74, 6) is -1.11. The highest BCUT2D eigenvalue weighted by atomic mass is 19.4. The predicted octanol–water partition coefficient (Wildman–Crippen LogP) is 3.02. The first-order valence-electron chi connectivity index (χ1n) is 4.40. The molecule has 0 saturated heterocycles. The fourth-order valence-electron chi connectivity index (χ4n) is 1.12. The van der Waals surface area contributed by atoms with Crippen LogP contribution in [0.4, 0.5) is 13.2 Å². The lowest BCUT2D eigenvalue weighted by Gasteiger charge is -2.20. The molecule has 0 spiro atoms. The molecule has 0 radical (unpaired) electrons. The van der Waals surface area contributed by atoms with Gasteiger partial charge < -0.3 is 4.74 Å². The van der Waals surface area contributed by atoms with E-state index in [2.05, 4.69) is 11.3 Å². The lowest BCUT2D eigenvalue weighted by molar-refractivity contribution is -0.221. The molecule has 1 aromatic carbocycles. The molecule has 16 heavy (non-hydrogen) atoms. The third-order valence-electron chi connectivity index (χ3n) is 1.80. The molecule has 0 heterocycles. The van der Waals surface area contributed by atoms with Gasteiger partial charge in [-0.3, -0.25) is 0 Å². The maximum atomic E-state index is 12.6. The fraction of sp³-hybridized carbons (Fsp3) is 0.182. The quantitative estimate of drug-likeness (QED) is 0.589. The van der Waals surface area contributed by atoms with E-state index in [-0.39, 0.29) is 5.56 Å². The number of esters is 1. The molecule has 5 heteroatoms. The lowest BCUT2D eigenvalue weighted by Crippen LogP contribution is -2.25. The molecule has 0 aliphatic heterocycles. The third-order valence-corrected chi connectivity index (χ3v) is 1.80. The average Bonchev–Trinajstić information content (AvgIpc) is 2.25. The average molecular weight is 230 g/mol. The summed E-state index contributed by atoms with van der Waals surface area (Å²) < 4.78 is 42.0. The van der Waals surface area contributed by atoms with Crippen molar-refractivity contribution < 1.29 is 22.7 Å². The first-order chi connectivity index (χ1) is 7.45. The summed E-state index contributed by atoms with van der Waals surface area (Å²) in [5, 5.41) is 0. The topological polar surface area (TPSA) is 26.3 Å². The van der Waals surface area contributed by atoms with Gasteiger partial charge in [0, 0.05) is 11.6 Å². The van der Waals surface area contributed by atoms with Gasteiger partial charge >= 0.3 is 12.1 Å². The first kappa shape index (κ1) is 12.3. The largest absolute Gasteiger partial charge is 0.445 e. The van der Waals surface area contributed by atoms with Crippen LogP contribution in [-0.4, -0.2) is 12.1 Å². The third kappa shape index (κ3) is 3.12. The summed E-state index contributed by atoms with van der Waals surface area (Å²) in [6.45, 7) is 3.05. The van der Waals surface area contributed by atoms with Crippen molar-refractivity contribution in [1.29, 1.82) is 0 Å². The monoisotopic (exact) mass is 230 g/mol. The zero-order valence-corrected chi connectivity index (χ0v) is 8.20. The Balaban J connectivity index is 2.97. The Morgan fingerprint density at radius 2 is 1.88 bits per heavy atom. The molecule has 86 valence electrons. The van der Waals surface area contributed by atoms with Crippen LogP contribution < -0.4 is 0 Å². The highest BCUT2D eigenvalue weighted by molar-refractivity contribution is 5.81. The van der Waals surface area contributed by atoms with E-state index in [9.17, 15) is 18.0 Å². The zero-order chi connectivity index (χ0) is 12.2. The van der Waals surface area contributed by atoms with Crippen LogP contribution in [0.15, 0.2) is 43.0 Å². The molecular weight excluding hydrogens is 221 g/mol. The molecule has 1 unspecified atom stereocenters. The van der Waals surface area contributed by atoms with Crippen LogP contribution in [0.1, 0.15) is 11.7 Å². The summed E-state index contributed by atoms with van der Waals surface area (Å²) in [7, 11) is 0. The van der Waals surface area contributed by atoms with E-state index < -0.39 is 18.2 Å². The van der Waals surface area contributed by atoms with Crippen molar-refractivity contribution in [3.05, 3.63) is 48.6 Å². The van der Waals surface area contributed by atoms with Gasteiger partial charge in [0.1, 0.15) is 0 Å². The van der Waals surface area contributed by atoms with E-state index in [1.54, 1.807) is 6.07 Å². The molecule has 0 aliphatic carbocycles. The minimum Gasteiger partial charge on any atom is -0.445 e. The van der Waals surface area contributed by atoms with Crippen molar-refractivity contribution in [2.45, 2.75) is 12.3 Å². The van der Waals surface area contributed by atoms with Gasteiger partial charge in [0.2, 0.25) is 6.10 Å². The van der Waals surface area contributed by atoms with E-state index in [1.807, 2.05) is 0 Å². The standard InChI is InChI=1S/C11H9F3O2/c1-2-9(15)16-10(11(12,13)14)8-6-4-3-5-7-8/h2-7,10H,1H2. The summed E-state index contributed by atoms with van der Waals surface area (Å²) in [6, 6.07) is 6.95. The van der Waals surface area contributed by atoms with E-state index >= 15 is 0 Å². The molecule has 1 atom stereocenters. The number of carbonyl (C=O) groups is 1. The summed E-state index contributed by atoms with van der Waals surface area (Å²) in [6.07, 6.45) is -6.19. The Kier molecular flexibility index (Phi) is 3.71. The number of alkyl halides is 3. The van der Waals surface area contributed by atoms with Crippen LogP contribution in [0.2, 0.25) is 0 Å². The van der Waals surface area contributed by atoms with Crippen LogP contribution in [0, 0.1) is 0 Å². The van der Waals surface area contributed by atoms with Crippen LogP contribution in [-0.2, 0) is 9.53 Å². The second-order valence-corrected chi connectivity index (χ2v) is 2.97. The molecule has 0 fully saturated rings. The van der Waals surface area contributed by atoms with Crippen molar-refractivity contribution in [1.82, 2.24) is 0 Å². The van der Waals surface area contributed by atoms with Crippen molar-refractivity contribution in [2.75, 3.05) is 0 Å². The number of carbonyl (C=O) groups excluding carboxylic acids is 1. The molecule has 1 aromatic rings. The Morgan fingerprint density at radius 3 is 2.31 bits per heavy atom. The normalized spacial score (nSPS) is 12.9. The fourth-order valence-corrected chi connectivity index (χ4v) is 1.12. The Hall–Kier alpha value is -1.78. The molecular formula is C11H9F3O2. The highest BCUT2D eigenvalue weighted by Crippen LogP contribution is 2.35. The second kappa shape index (κ2) is 4.83. The van der Waals surface area contributed by atoms with Gasteiger partial charge in [0.25, 0.3) is 0 Å². The van der Waals surface area contributed by atoms with E-state index in [4.69, 9.17) is 0 Å². The van der Waals surface area contributed by atoms with Crippen molar-refractivity contribution in [3.8, 4) is 0 Å². The summed E-state index contributed by atoms with van der Waals surface area (Å²) in [5.41, 5.74) is -0.120. The Labute approximate surface area is 90.3 Å². The number of hydrogen-bond donors (Lipinski definition) is 0. The van der Waals surface area contributed by atoms with E-state index in [0.717, 1.165) is 0 Å². The molecule has 1 rings (SSSR count). The van der Waals surface area contributed by atoms with Crippen molar-refractivity contribution in [3.63, 3.8) is 0 Å². The molecule has 0 amide bonds. The smallest absolute Gasteiger partial charge is 0.429 e. The number of ether oxygens (including phenoxy) is 1. The number of halogens is 3. The molecule has 0 N–H and O–H groups in total. The van der Waals surface area contributed by atoms with Crippen LogP contribution >= 0.6 is 0 Å². The van der Waals surface area contributed by atoms with Gasteiger partial charge in [0.15, 0.2) is 0 Å². The van der Waals surface area contributed by atoms with Crippen LogP contribution in [0.25, 0.3) is 0 Å². The van der Waals surface area contributed by atoms with Crippen molar-refractivity contribution in [2.24, 2.45) is 0 Å². The molecule has 0 aliphatic rings. The molecule has 0 saturated carbocycles. The van der Waals surface area contributed by atoms with Gasteiger partial charge in [0.05, 0.1) is 0 Å². The predicted molar refractivity (Wildman–Crippen MR) is 51.5 cm³/mol. The summed E-state index contributed by atoms with van der Waals surface area (Å²) in [4.78, 5) is 10.8. The molecule has 2 nitrogen and oxygen atoms in total. The highest BCUT2D eigenvalue weighted by Gasteiger charge is 2.43.